The number of hydrogen-bond donors (Lipinski definition) is 3. The average molecular weight is 487 g/mol. The second-order valence-electron chi connectivity index (χ2n) is 7.87. The second-order valence-corrected chi connectivity index (χ2v) is 7.87. The minimum absolute atomic E-state index is 0.0672. The average Bonchev–Trinajstić information content (AvgIpc) is 2.80. The number of anilines is 3. The molecule has 0 radical (unpaired) electrons. The maximum atomic E-state index is 13.8. The van der Waals surface area contributed by atoms with Crippen LogP contribution in [0.2, 0.25) is 0 Å². The standard InChI is InChI=1S/C25H21F4N3O3/c1-14(2)22(33)30-16-9-7-15(8-10-16)23(34)32-21-12-11-17(13-19(21)25(27,28)29)31-24(35)18-5-3-4-6-20(18)26/h3-14H,1-2H3,(H,30,33)(H,31,35)(H,32,34). The Balaban J connectivity index is 1.79. The number of hydrogen-bond acceptors (Lipinski definition) is 3. The largest absolute Gasteiger partial charge is 0.418 e. The smallest absolute Gasteiger partial charge is 0.326 e. The van der Waals surface area contributed by atoms with E-state index in [-0.39, 0.29) is 28.6 Å². The number of benzene rings is 3. The molecule has 0 spiro atoms. The van der Waals surface area contributed by atoms with Crippen LogP contribution in [0.15, 0.2) is 66.7 Å². The molecule has 3 aromatic rings. The lowest BCUT2D eigenvalue weighted by atomic mass is 10.1. The third-order valence-electron chi connectivity index (χ3n) is 4.89. The highest BCUT2D eigenvalue weighted by molar-refractivity contribution is 6.06. The molecule has 35 heavy (non-hydrogen) atoms. The molecule has 0 saturated carbocycles. The van der Waals surface area contributed by atoms with E-state index in [1.165, 1.54) is 42.5 Å². The van der Waals surface area contributed by atoms with Crippen LogP contribution >= 0.6 is 0 Å². The maximum absolute atomic E-state index is 13.8. The molecule has 3 N–H and O–H groups in total. The first kappa shape index (κ1) is 25.4. The quantitative estimate of drug-likeness (QED) is 0.376. The van der Waals surface area contributed by atoms with Crippen LogP contribution in [0.1, 0.15) is 40.1 Å². The predicted octanol–water partition coefficient (Wildman–Crippen LogP) is 5.94. The molecule has 0 bridgehead atoms. The van der Waals surface area contributed by atoms with Gasteiger partial charge < -0.3 is 16.0 Å². The molecule has 182 valence electrons. The lowest BCUT2D eigenvalue weighted by Crippen LogP contribution is -2.19. The molecule has 0 aromatic heterocycles. The van der Waals surface area contributed by atoms with Gasteiger partial charge in [-0.1, -0.05) is 26.0 Å². The van der Waals surface area contributed by atoms with Gasteiger partial charge in [0.2, 0.25) is 5.91 Å². The zero-order valence-electron chi connectivity index (χ0n) is 18.7. The van der Waals surface area contributed by atoms with Crippen molar-refractivity contribution in [3.63, 3.8) is 0 Å². The van der Waals surface area contributed by atoms with Crippen molar-refractivity contribution in [2.75, 3.05) is 16.0 Å². The summed E-state index contributed by atoms with van der Waals surface area (Å²) >= 11 is 0. The van der Waals surface area contributed by atoms with Crippen LogP contribution in [-0.2, 0) is 11.0 Å². The van der Waals surface area contributed by atoms with Crippen molar-refractivity contribution in [1.82, 2.24) is 0 Å². The Morgan fingerprint density at radius 2 is 1.40 bits per heavy atom. The van der Waals surface area contributed by atoms with Crippen LogP contribution in [0.3, 0.4) is 0 Å². The number of alkyl halides is 3. The summed E-state index contributed by atoms with van der Waals surface area (Å²) in [5, 5.41) is 7.09. The van der Waals surface area contributed by atoms with E-state index in [0.717, 1.165) is 18.2 Å². The Bertz CT molecular complexity index is 1260. The molecule has 0 fully saturated rings. The third kappa shape index (κ3) is 6.44. The van der Waals surface area contributed by atoms with Crippen molar-refractivity contribution in [2.24, 2.45) is 5.92 Å². The predicted molar refractivity (Wildman–Crippen MR) is 124 cm³/mol. The first-order valence-electron chi connectivity index (χ1n) is 10.4. The summed E-state index contributed by atoms with van der Waals surface area (Å²) in [5.41, 5.74) is -1.77. The molecule has 0 heterocycles. The minimum Gasteiger partial charge on any atom is -0.326 e. The lowest BCUT2D eigenvalue weighted by Gasteiger charge is -2.16. The van der Waals surface area contributed by atoms with Gasteiger partial charge in [0.15, 0.2) is 0 Å². The first-order chi connectivity index (χ1) is 16.5. The molecule has 10 heteroatoms. The normalized spacial score (nSPS) is 11.2. The molecule has 3 amide bonds. The van der Waals surface area contributed by atoms with Crippen LogP contribution in [0.5, 0.6) is 0 Å². The van der Waals surface area contributed by atoms with Crippen LogP contribution in [0.25, 0.3) is 0 Å². The zero-order valence-corrected chi connectivity index (χ0v) is 18.7. The molecule has 0 unspecified atom stereocenters. The Labute approximate surface area is 198 Å². The van der Waals surface area contributed by atoms with E-state index in [2.05, 4.69) is 16.0 Å². The van der Waals surface area contributed by atoms with Crippen molar-refractivity contribution in [3.05, 3.63) is 89.2 Å². The van der Waals surface area contributed by atoms with Gasteiger partial charge in [-0.2, -0.15) is 13.2 Å². The molecule has 0 atom stereocenters. The van der Waals surface area contributed by atoms with Crippen molar-refractivity contribution >= 4 is 34.8 Å². The van der Waals surface area contributed by atoms with Crippen LogP contribution in [0.4, 0.5) is 34.6 Å². The Morgan fingerprint density at radius 3 is 2.00 bits per heavy atom. The van der Waals surface area contributed by atoms with Crippen LogP contribution in [0, 0.1) is 11.7 Å². The van der Waals surface area contributed by atoms with Crippen LogP contribution in [-0.4, -0.2) is 17.7 Å². The molecular weight excluding hydrogens is 466 g/mol. The minimum atomic E-state index is -4.85. The number of halogens is 4. The summed E-state index contributed by atoms with van der Waals surface area (Å²) in [4.78, 5) is 36.5. The van der Waals surface area contributed by atoms with Gasteiger partial charge in [-0.05, 0) is 54.6 Å². The molecule has 0 saturated heterocycles. The molecule has 6 nitrogen and oxygen atoms in total. The molecule has 0 aliphatic heterocycles. The van der Waals surface area contributed by atoms with E-state index in [0.29, 0.717) is 11.8 Å². The van der Waals surface area contributed by atoms with Gasteiger partial charge in [-0.15, -0.1) is 0 Å². The summed E-state index contributed by atoms with van der Waals surface area (Å²) in [6, 6.07) is 13.5. The van der Waals surface area contributed by atoms with E-state index in [1.807, 2.05) is 0 Å². The van der Waals surface area contributed by atoms with Gasteiger partial charge in [0.05, 0.1) is 16.8 Å². The summed E-state index contributed by atoms with van der Waals surface area (Å²) in [6.45, 7) is 3.43. The van der Waals surface area contributed by atoms with E-state index in [1.54, 1.807) is 13.8 Å². The fourth-order valence-electron chi connectivity index (χ4n) is 3.00. The summed E-state index contributed by atoms with van der Waals surface area (Å²) in [7, 11) is 0. The van der Waals surface area contributed by atoms with E-state index < -0.39 is 35.1 Å². The number of rotatable bonds is 6. The fourth-order valence-corrected chi connectivity index (χ4v) is 3.00. The molecular formula is C25H21F4N3O3. The Kier molecular flexibility index (Phi) is 7.53. The second kappa shape index (κ2) is 10.4. The highest BCUT2D eigenvalue weighted by Crippen LogP contribution is 2.37. The number of carbonyl (C=O) groups excluding carboxylic acids is 3. The van der Waals surface area contributed by atoms with Gasteiger partial charge in [0.1, 0.15) is 5.82 Å². The SMILES string of the molecule is CC(C)C(=O)Nc1ccc(C(=O)Nc2ccc(NC(=O)c3ccccc3F)cc2C(F)(F)F)cc1. The van der Waals surface area contributed by atoms with E-state index in [4.69, 9.17) is 0 Å². The number of amides is 3. The molecule has 3 aromatic carbocycles. The highest BCUT2D eigenvalue weighted by Gasteiger charge is 2.34. The first-order valence-corrected chi connectivity index (χ1v) is 10.4. The number of carbonyl (C=O) groups is 3. The lowest BCUT2D eigenvalue weighted by molar-refractivity contribution is -0.136. The maximum Gasteiger partial charge on any atom is 0.418 e. The highest BCUT2D eigenvalue weighted by atomic mass is 19.4. The summed E-state index contributed by atoms with van der Waals surface area (Å²) in [5.74, 6) is -3.02. The van der Waals surface area contributed by atoms with E-state index >= 15 is 0 Å². The van der Waals surface area contributed by atoms with Crippen molar-refractivity contribution < 1.29 is 31.9 Å². The number of nitrogens with one attached hydrogen (secondary N) is 3. The van der Waals surface area contributed by atoms with Crippen molar-refractivity contribution in [2.45, 2.75) is 20.0 Å². The van der Waals surface area contributed by atoms with Crippen molar-refractivity contribution in [3.8, 4) is 0 Å². The Hall–Kier alpha value is -4.21. The molecule has 0 aliphatic rings. The van der Waals surface area contributed by atoms with Crippen molar-refractivity contribution in [1.29, 1.82) is 0 Å². The van der Waals surface area contributed by atoms with Gasteiger partial charge >= 0.3 is 6.18 Å². The summed E-state index contributed by atoms with van der Waals surface area (Å²) in [6.07, 6.45) is -4.85. The third-order valence-corrected chi connectivity index (χ3v) is 4.89. The molecule has 3 rings (SSSR count). The zero-order chi connectivity index (χ0) is 25.8. The molecule has 0 aliphatic carbocycles. The van der Waals surface area contributed by atoms with Crippen LogP contribution < -0.4 is 16.0 Å². The van der Waals surface area contributed by atoms with Gasteiger partial charge in [-0.3, -0.25) is 14.4 Å². The topological polar surface area (TPSA) is 87.3 Å². The monoisotopic (exact) mass is 487 g/mol. The fraction of sp³-hybridized carbons (Fsp3) is 0.160. The van der Waals surface area contributed by atoms with Gasteiger partial charge in [0.25, 0.3) is 11.8 Å². The summed E-state index contributed by atoms with van der Waals surface area (Å²) < 4.78 is 54.8. The van der Waals surface area contributed by atoms with Gasteiger partial charge in [-0.25, -0.2) is 4.39 Å². The van der Waals surface area contributed by atoms with Gasteiger partial charge in [0, 0.05) is 22.9 Å². The Morgan fingerprint density at radius 1 is 0.771 bits per heavy atom. The van der Waals surface area contributed by atoms with E-state index in [9.17, 15) is 31.9 Å².